The summed E-state index contributed by atoms with van der Waals surface area (Å²) in [6.07, 6.45) is -0.867. The summed E-state index contributed by atoms with van der Waals surface area (Å²) in [5, 5.41) is 4.43. The summed E-state index contributed by atoms with van der Waals surface area (Å²) in [5.74, 6) is 0.322. The first-order chi connectivity index (χ1) is 9.53. The van der Waals surface area contributed by atoms with Gasteiger partial charge in [-0.25, -0.2) is 4.79 Å². The molecule has 0 heterocycles. The predicted molar refractivity (Wildman–Crippen MR) is 73.6 cm³/mol. The number of carbonyl (C=O) groups is 2. The molecule has 0 radical (unpaired) electrons. The summed E-state index contributed by atoms with van der Waals surface area (Å²) < 4.78 is 10.7. The lowest BCUT2D eigenvalue weighted by molar-refractivity contribution is -0.126. The molecule has 1 unspecified atom stereocenters. The largest absolute Gasteiger partial charge is 0.493 e. The van der Waals surface area contributed by atoms with Crippen molar-refractivity contribution in [2.75, 3.05) is 14.2 Å². The van der Waals surface area contributed by atoms with Crippen LogP contribution in [0.1, 0.15) is 12.5 Å². The molecule has 0 fully saturated rings. The van der Waals surface area contributed by atoms with Gasteiger partial charge in [0, 0.05) is 19.2 Å². The average Bonchev–Trinajstić information content (AvgIpc) is 2.46. The first-order valence-corrected chi connectivity index (χ1v) is 6.08. The van der Waals surface area contributed by atoms with Crippen LogP contribution in [0.2, 0.25) is 0 Å². The van der Waals surface area contributed by atoms with Crippen molar-refractivity contribution in [3.63, 3.8) is 0 Å². The van der Waals surface area contributed by atoms with Crippen molar-refractivity contribution in [3.8, 4) is 11.5 Å². The number of benzene rings is 1. The Labute approximate surface area is 117 Å². The van der Waals surface area contributed by atoms with Gasteiger partial charge in [-0.15, -0.1) is 0 Å². The fraction of sp³-hybridized carbons (Fsp3) is 0.385. The van der Waals surface area contributed by atoms with E-state index in [2.05, 4.69) is 10.6 Å². The van der Waals surface area contributed by atoms with Crippen molar-refractivity contribution in [1.29, 1.82) is 0 Å². The van der Waals surface area contributed by atoms with Crippen molar-refractivity contribution in [3.05, 3.63) is 23.8 Å². The molecule has 7 nitrogen and oxygen atoms in total. The Morgan fingerprint density at radius 2 is 2.10 bits per heavy atom. The highest BCUT2D eigenvalue weighted by Crippen LogP contribution is 2.31. The fourth-order valence-corrected chi connectivity index (χ4v) is 1.52. The molecule has 7 heteroatoms. The van der Waals surface area contributed by atoms with Gasteiger partial charge in [0.1, 0.15) is 0 Å². The zero-order valence-corrected chi connectivity index (χ0v) is 11.7. The number of carbonyl (C=O) groups excluding carboxylic acids is 2. The molecular weight excluding hydrogens is 262 g/mol. The van der Waals surface area contributed by atoms with Crippen molar-refractivity contribution in [2.45, 2.75) is 19.6 Å². The SMILES string of the molecule is CNC(=O)NC(=O)C(C)Oc1c(CN)cccc1OC. The van der Waals surface area contributed by atoms with Gasteiger partial charge in [-0.3, -0.25) is 10.1 Å². The van der Waals surface area contributed by atoms with Gasteiger partial charge in [0.25, 0.3) is 5.91 Å². The molecule has 0 aliphatic carbocycles. The molecule has 0 spiro atoms. The molecule has 1 rings (SSSR count). The lowest BCUT2D eigenvalue weighted by atomic mass is 10.2. The molecule has 110 valence electrons. The van der Waals surface area contributed by atoms with Crippen LogP contribution >= 0.6 is 0 Å². The van der Waals surface area contributed by atoms with Gasteiger partial charge in [-0.1, -0.05) is 12.1 Å². The van der Waals surface area contributed by atoms with Crippen molar-refractivity contribution >= 4 is 11.9 Å². The lowest BCUT2D eigenvalue weighted by Crippen LogP contribution is -2.44. The zero-order chi connectivity index (χ0) is 15.1. The third-order valence-electron chi connectivity index (χ3n) is 2.63. The summed E-state index contributed by atoms with van der Waals surface area (Å²) in [4.78, 5) is 22.8. The third-order valence-corrected chi connectivity index (χ3v) is 2.63. The summed E-state index contributed by atoms with van der Waals surface area (Å²) in [7, 11) is 2.92. The highest BCUT2D eigenvalue weighted by Gasteiger charge is 2.20. The highest BCUT2D eigenvalue weighted by atomic mass is 16.5. The van der Waals surface area contributed by atoms with Crippen LogP contribution in [-0.4, -0.2) is 32.2 Å². The number of nitrogens with two attached hydrogens (primary N) is 1. The molecule has 0 aliphatic heterocycles. The van der Waals surface area contributed by atoms with Crippen LogP contribution < -0.4 is 25.8 Å². The van der Waals surface area contributed by atoms with E-state index < -0.39 is 18.0 Å². The number of amides is 3. The molecule has 1 atom stereocenters. The quantitative estimate of drug-likeness (QED) is 0.724. The molecule has 0 saturated carbocycles. The van der Waals surface area contributed by atoms with Gasteiger partial charge >= 0.3 is 6.03 Å². The number of rotatable bonds is 5. The maximum absolute atomic E-state index is 11.7. The van der Waals surface area contributed by atoms with Crippen molar-refractivity contribution < 1.29 is 19.1 Å². The smallest absolute Gasteiger partial charge is 0.321 e. The van der Waals surface area contributed by atoms with E-state index in [4.69, 9.17) is 15.2 Å². The fourth-order valence-electron chi connectivity index (χ4n) is 1.52. The molecule has 0 aromatic heterocycles. The molecule has 20 heavy (non-hydrogen) atoms. The molecule has 3 amide bonds. The minimum absolute atomic E-state index is 0.246. The molecular formula is C13H19N3O4. The normalized spacial score (nSPS) is 11.4. The van der Waals surface area contributed by atoms with E-state index in [0.717, 1.165) is 0 Å². The maximum Gasteiger partial charge on any atom is 0.321 e. The van der Waals surface area contributed by atoms with Crippen molar-refractivity contribution in [1.82, 2.24) is 10.6 Å². The monoisotopic (exact) mass is 281 g/mol. The highest BCUT2D eigenvalue weighted by molar-refractivity contribution is 5.96. The number of para-hydroxylation sites is 1. The Hall–Kier alpha value is -2.28. The molecule has 1 aromatic carbocycles. The first kappa shape index (κ1) is 15.8. The number of imide groups is 1. The summed E-state index contributed by atoms with van der Waals surface area (Å²) in [5.41, 5.74) is 6.34. The van der Waals surface area contributed by atoms with Gasteiger partial charge in [0.05, 0.1) is 7.11 Å². The lowest BCUT2D eigenvalue weighted by Gasteiger charge is -2.18. The molecule has 0 saturated heterocycles. The van der Waals surface area contributed by atoms with Crippen LogP contribution in [0.25, 0.3) is 0 Å². The topological polar surface area (TPSA) is 103 Å². The van der Waals surface area contributed by atoms with Crippen molar-refractivity contribution in [2.24, 2.45) is 5.73 Å². The minimum atomic E-state index is -0.867. The number of hydrogen-bond acceptors (Lipinski definition) is 5. The summed E-state index contributed by atoms with van der Waals surface area (Å²) in [6, 6.07) is 4.67. The van der Waals surface area contributed by atoms with E-state index in [9.17, 15) is 9.59 Å². The van der Waals surface area contributed by atoms with E-state index in [0.29, 0.717) is 17.1 Å². The van der Waals surface area contributed by atoms with Crippen LogP contribution in [0.15, 0.2) is 18.2 Å². The minimum Gasteiger partial charge on any atom is -0.493 e. The Kier molecular flexibility index (Phi) is 5.79. The first-order valence-electron chi connectivity index (χ1n) is 6.08. The number of ether oxygens (including phenoxy) is 2. The van der Waals surface area contributed by atoms with E-state index in [1.165, 1.54) is 21.1 Å². The third kappa shape index (κ3) is 3.86. The molecule has 0 aliphatic rings. The second kappa shape index (κ2) is 7.34. The Bertz CT molecular complexity index is 468. The Morgan fingerprint density at radius 3 is 2.65 bits per heavy atom. The number of nitrogens with one attached hydrogen (secondary N) is 2. The predicted octanol–water partition coefficient (Wildman–Crippen LogP) is 0.377. The summed E-state index contributed by atoms with van der Waals surface area (Å²) in [6.45, 7) is 1.78. The molecule has 1 aromatic rings. The van der Waals surface area contributed by atoms with Gasteiger partial charge in [0.2, 0.25) is 0 Å². The zero-order valence-electron chi connectivity index (χ0n) is 11.7. The van der Waals surface area contributed by atoms with E-state index in [1.807, 2.05) is 0 Å². The standard InChI is InChI=1S/C13H19N3O4/c1-8(12(17)16-13(18)15-2)20-11-9(7-14)5-4-6-10(11)19-3/h4-6,8H,7,14H2,1-3H3,(H2,15,16,17,18). The molecule has 4 N–H and O–H groups in total. The van der Waals surface area contributed by atoms with Gasteiger partial charge in [-0.05, 0) is 13.0 Å². The van der Waals surface area contributed by atoms with Crippen LogP contribution in [0, 0.1) is 0 Å². The number of urea groups is 1. The van der Waals surface area contributed by atoms with Gasteiger partial charge in [-0.2, -0.15) is 0 Å². The average molecular weight is 281 g/mol. The summed E-state index contributed by atoms with van der Waals surface area (Å²) >= 11 is 0. The Morgan fingerprint density at radius 1 is 1.40 bits per heavy atom. The van der Waals surface area contributed by atoms with E-state index >= 15 is 0 Å². The second-order valence-electron chi connectivity index (χ2n) is 3.98. The van der Waals surface area contributed by atoms with Crippen LogP contribution in [0.4, 0.5) is 4.79 Å². The Balaban J connectivity index is 2.86. The number of hydrogen-bond donors (Lipinski definition) is 3. The van der Waals surface area contributed by atoms with Crippen LogP contribution in [-0.2, 0) is 11.3 Å². The van der Waals surface area contributed by atoms with Crippen LogP contribution in [0.5, 0.6) is 11.5 Å². The van der Waals surface area contributed by atoms with Gasteiger partial charge < -0.3 is 20.5 Å². The van der Waals surface area contributed by atoms with Gasteiger partial charge in [0.15, 0.2) is 17.6 Å². The van der Waals surface area contributed by atoms with E-state index in [-0.39, 0.29) is 6.54 Å². The molecule has 0 bridgehead atoms. The number of methoxy groups -OCH3 is 1. The van der Waals surface area contributed by atoms with E-state index in [1.54, 1.807) is 18.2 Å². The maximum atomic E-state index is 11.7. The second-order valence-corrected chi connectivity index (χ2v) is 3.98. The van der Waals surface area contributed by atoms with Crippen LogP contribution in [0.3, 0.4) is 0 Å².